The molecule has 1 aliphatic heterocycles. The Balaban J connectivity index is 1.59. The van der Waals surface area contributed by atoms with Crippen molar-refractivity contribution < 1.29 is 18.3 Å². The third kappa shape index (κ3) is 4.18. The summed E-state index contributed by atoms with van der Waals surface area (Å²) in [6.07, 6.45) is -0.667. The molecule has 2 aromatic carbocycles. The van der Waals surface area contributed by atoms with Crippen molar-refractivity contribution in [3.63, 3.8) is 0 Å². The first-order chi connectivity index (χ1) is 11.9. The molecule has 2 aromatic rings. The molecule has 1 amide bonds. The van der Waals surface area contributed by atoms with Crippen LogP contribution in [0.15, 0.2) is 42.5 Å². The molecule has 7 heteroatoms. The molecule has 0 saturated carbocycles. The fourth-order valence-electron chi connectivity index (χ4n) is 3.22. The Bertz CT molecular complexity index is 876. The Morgan fingerprint density at radius 3 is 2.64 bits per heavy atom. The molecular formula is C18H22N2O4S. The zero-order valence-electron chi connectivity index (χ0n) is 14.1. The quantitative estimate of drug-likeness (QED) is 0.836. The van der Waals surface area contributed by atoms with E-state index in [0.29, 0.717) is 6.54 Å². The number of amides is 1. The molecule has 1 fully saturated rings. The standard InChI is InChI=1S/C18H22N2O4S/c1-20(16-11-25(23,24)12-17(16)21)10-9-18(22)19-15-8-4-6-13-5-2-3-7-14(13)15/h2-8,16-17,21H,9-12H2,1H3,(H,19,22)/t16-,17-/m1/s1. The number of aliphatic hydroxyl groups is 1. The minimum Gasteiger partial charge on any atom is -0.390 e. The van der Waals surface area contributed by atoms with Crippen molar-refractivity contribution in [3.05, 3.63) is 42.5 Å². The van der Waals surface area contributed by atoms with Gasteiger partial charge in [-0.15, -0.1) is 0 Å². The largest absolute Gasteiger partial charge is 0.390 e. The summed E-state index contributed by atoms with van der Waals surface area (Å²) >= 11 is 0. The van der Waals surface area contributed by atoms with Crippen LogP contribution >= 0.6 is 0 Å². The van der Waals surface area contributed by atoms with Crippen LogP contribution < -0.4 is 5.32 Å². The van der Waals surface area contributed by atoms with Gasteiger partial charge in [0.25, 0.3) is 0 Å². The van der Waals surface area contributed by atoms with Crippen molar-refractivity contribution in [2.75, 3.05) is 30.4 Å². The first kappa shape index (κ1) is 17.8. The van der Waals surface area contributed by atoms with Crippen molar-refractivity contribution in [2.45, 2.75) is 18.6 Å². The van der Waals surface area contributed by atoms with Crippen LogP contribution in [0.4, 0.5) is 5.69 Å². The van der Waals surface area contributed by atoms with E-state index in [1.165, 1.54) is 0 Å². The van der Waals surface area contributed by atoms with Crippen LogP contribution in [0.3, 0.4) is 0 Å². The molecule has 3 rings (SSSR count). The summed E-state index contributed by atoms with van der Waals surface area (Å²) in [6.45, 7) is 0.383. The molecule has 134 valence electrons. The number of hydrogen-bond donors (Lipinski definition) is 2. The van der Waals surface area contributed by atoms with E-state index in [0.717, 1.165) is 16.5 Å². The summed E-state index contributed by atoms with van der Waals surface area (Å²) in [5.74, 6) is -0.404. The highest BCUT2D eigenvalue weighted by atomic mass is 32.2. The summed E-state index contributed by atoms with van der Waals surface area (Å²) < 4.78 is 23.2. The molecule has 0 radical (unpaired) electrons. The second-order valence-corrected chi connectivity index (χ2v) is 8.67. The van der Waals surface area contributed by atoms with Gasteiger partial charge in [0.2, 0.25) is 5.91 Å². The van der Waals surface area contributed by atoms with Crippen LogP contribution in [0.5, 0.6) is 0 Å². The van der Waals surface area contributed by atoms with Crippen LogP contribution in [-0.4, -0.2) is 61.6 Å². The molecule has 0 unspecified atom stereocenters. The number of fused-ring (bicyclic) bond motifs is 1. The van der Waals surface area contributed by atoms with Crippen molar-refractivity contribution >= 4 is 32.2 Å². The van der Waals surface area contributed by atoms with Gasteiger partial charge in [0.05, 0.1) is 23.7 Å². The SMILES string of the molecule is CN(CCC(=O)Nc1cccc2ccccc12)[C@@H]1CS(=O)(=O)C[C@H]1O. The van der Waals surface area contributed by atoms with E-state index < -0.39 is 22.0 Å². The number of nitrogens with zero attached hydrogens (tertiary/aromatic N) is 1. The summed E-state index contributed by atoms with van der Waals surface area (Å²) in [6, 6.07) is 13.1. The van der Waals surface area contributed by atoms with Gasteiger partial charge in [-0.1, -0.05) is 36.4 Å². The van der Waals surface area contributed by atoms with E-state index in [-0.39, 0.29) is 23.8 Å². The molecular weight excluding hydrogens is 340 g/mol. The third-order valence-electron chi connectivity index (χ3n) is 4.61. The summed E-state index contributed by atoms with van der Waals surface area (Å²) in [5, 5.41) is 14.8. The van der Waals surface area contributed by atoms with E-state index >= 15 is 0 Å². The Labute approximate surface area is 147 Å². The van der Waals surface area contributed by atoms with Crippen LogP contribution in [0, 0.1) is 0 Å². The number of carbonyl (C=O) groups is 1. The Morgan fingerprint density at radius 2 is 1.92 bits per heavy atom. The molecule has 1 heterocycles. The van der Waals surface area contributed by atoms with E-state index in [1.807, 2.05) is 42.5 Å². The van der Waals surface area contributed by atoms with Crippen molar-refractivity contribution in [1.82, 2.24) is 4.90 Å². The number of likely N-dealkylation sites (N-methyl/N-ethyl adjacent to an activating group) is 1. The fraction of sp³-hybridized carbons (Fsp3) is 0.389. The predicted molar refractivity (Wildman–Crippen MR) is 98.3 cm³/mol. The average Bonchev–Trinajstić information content (AvgIpc) is 2.86. The van der Waals surface area contributed by atoms with Crippen molar-refractivity contribution in [2.24, 2.45) is 0 Å². The van der Waals surface area contributed by atoms with Gasteiger partial charge in [-0.05, 0) is 18.5 Å². The highest BCUT2D eigenvalue weighted by Gasteiger charge is 2.38. The number of anilines is 1. The molecule has 2 N–H and O–H groups in total. The number of sulfone groups is 1. The lowest BCUT2D eigenvalue weighted by atomic mass is 10.1. The summed E-state index contributed by atoms with van der Waals surface area (Å²) in [4.78, 5) is 14.0. The van der Waals surface area contributed by atoms with Crippen LogP contribution in [0.1, 0.15) is 6.42 Å². The van der Waals surface area contributed by atoms with Crippen molar-refractivity contribution in [3.8, 4) is 0 Å². The number of rotatable bonds is 5. The minimum absolute atomic E-state index is 0.0599. The van der Waals surface area contributed by atoms with Gasteiger partial charge >= 0.3 is 0 Å². The van der Waals surface area contributed by atoms with Gasteiger partial charge in [-0.25, -0.2) is 8.42 Å². The second-order valence-electron chi connectivity index (χ2n) is 6.52. The van der Waals surface area contributed by atoms with Crippen LogP contribution in [-0.2, 0) is 14.6 Å². The number of aliphatic hydroxyl groups excluding tert-OH is 1. The van der Waals surface area contributed by atoms with Gasteiger partial charge in [-0.3, -0.25) is 9.69 Å². The van der Waals surface area contributed by atoms with Crippen LogP contribution in [0.25, 0.3) is 10.8 Å². The normalized spacial score (nSPS) is 22.4. The maximum absolute atomic E-state index is 12.3. The lowest BCUT2D eigenvalue weighted by molar-refractivity contribution is -0.116. The molecule has 0 aliphatic carbocycles. The third-order valence-corrected chi connectivity index (χ3v) is 6.31. The molecule has 2 atom stereocenters. The lowest BCUT2D eigenvalue weighted by Crippen LogP contribution is -2.41. The molecule has 1 aliphatic rings. The summed E-state index contributed by atoms with van der Waals surface area (Å²) in [5.41, 5.74) is 0.759. The molecule has 25 heavy (non-hydrogen) atoms. The Kier molecular flexibility index (Phi) is 5.08. The van der Waals surface area contributed by atoms with Gasteiger partial charge in [-0.2, -0.15) is 0 Å². The zero-order chi connectivity index (χ0) is 18.0. The highest BCUT2D eigenvalue weighted by molar-refractivity contribution is 7.91. The molecule has 6 nitrogen and oxygen atoms in total. The second kappa shape index (κ2) is 7.11. The van der Waals surface area contributed by atoms with Gasteiger partial charge < -0.3 is 10.4 Å². The van der Waals surface area contributed by atoms with E-state index in [1.54, 1.807) is 11.9 Å². The molecule has 0 aromatic heterocycles. The first-order valence-electron chi connectivity index (χ1n) is 8.22. The average molecular weight is 362 g/mol. The van der Waals surface area contributed by atoms with Crippen molar-refractivity contribution in [1.29, 1.82) is 0 Å². The first-order valence-corrected chi connectivity index (χ1v) is 10.0. The van der Waals surface area contributed by atoms with E-state index in [9.17, 15) is 18.3 Å². The molecule has 0 bridgehead atoms. The monoisotopic (exact) mass is 362 g/mol. The maximum Gasteiger partial charge on any atom is 0.225 e. The fourth-order valence-corrected chi connectivity index (χ4v) is 5.10. The highest BCUT2D eigenvalue weighted by Crippen LogP contribution is 2.23. The maximum atomic E-state index is 12.3. The predicted octanol–water partition coefficient (Wildman–Crippen LogP) is 1.26. The Morgan fingerprint density at radius 1 is 1.20 bits per heavy atom. The topological polar surface area (TPSA) is 86.7 Å². The van der Waals surface area contributed by atoms with E-state index in [4.69, 9.17) is 0 Å². The van der Waals surface area contributed by atoms with Gasteiger partial charge in [0.1, 0.15) is 0 Å². The number of hydrogen-bond acceptors (Lipinski definition) is 5. The summed E-state index contributed by atoms with van der Waals surface area (Å²) in [7, 11) is -1.46. The molecule has 0 spiro atoms. The molecule has 1 saturated heterocycles. The number of benzene rings is 2. The lowest BCUT2D eigenvalue weighted by Gasteiger charge is -2.25. The van der Waals surface area contributed by atoms with E-state index in [2.05, 4.69) is 5.32 Å². The minimum atomic E-state index is -3.19. The smallest absolute Gasteiger partial charge is 0.225 e. The van der Waals surface area contributed by atoms with Gasteiger partial charge in [0, 0.05) is 24.0 Å². The van der Waals surface area contributed by atoms with Crippen LogP contribution in [0.2, 0.25) is 0 Å². The number of carbonyl (C=O) groups excluding carboxylic acids is 1. The Hall–Kier alpha value is -1.96. The van der Waals surface area contributed by atoms with Gasteiger partial charge in [0.15, 0.2) is 9.84 Å². The zero-order valence-corrected chi connectivity index (χ0v) is 14.9. The number of nitrogens with one attached hydrogen (secondary N) is 1.